The van der Waals surface area contributed by atoms with Crippen LogP contribution in [-0.2, 0) is 4.74 Å². The van der Waals surface area contributed by atoms with Gasteiger partial charge in [0.1, 0.15) is 12.1 Å². The standard InChI is InChI=1S/C15H25N3O/c1-12-13(2)16-11-17-15(12)18-8-4-6-14(10-18)7-5-9-19-3/h11,14H,4-10H2,1-3H3/t14-/m0/s1. The van der Waals surface area contributed by atoms with E-state index in [4.69, 9.17) is 4.74 Å². The Bertz CT molecular complexity index is 408. The van der Waals surface area contributed by atoms with Crippen molar-refractivity contribution in [1.82, 2.24) is 9.97 Å². The van der Waals surface area contributed by atoms with Crippen LogP contribution in [0.3, 0.4) is 0 Å². The number of hydrogen-bond acceptors (Lipinski definition) is 4. The summed E-state index contributed by atoms with van der Waals surface area (Å²) >= 11 is 0. The fraction of sp³-hybridized carbons (Fsp3) is 0.733. The monoisotopic (exact) mass is 263 g/mol. The topological polar surface area (TPSA) is 38.2 Å². The molecule has 0 aliphatic carbocycles. The summed E-state index contributed by atoms with van der Waals surface area (Å²) in [5.41, 5.74) is 2.31. The van der Waals surface area contributed by atoms with Crippen LogP contribution < -0.4 is 4.90 Å². The highest BCUT2D eigenvalue weighted by molar-refractivity contribution is 5.47. The van der Waals surface area contributed by atoms with Gasteiger partial charge in [0.2, 0.25) is 0 Å². The Kier molecular flexibility index (Phi) is 5.14. The zero-order chi connectivity index (χ0) is 13.7. The van der Waals surface area contributed by atoms with Crippen LogP contribution in [0.15, 0.2) is 6.33 Å². The van der Waals surface area contributed by atoms with Crippen molar-refractivity contribution in [3.63, 3.8) is 0 Å². The first-order valence-corrected chi connectivity index (χ1v) is 7.24. The molecule has 106 valence electrons. The number of rotatable bonds is 5. The highest BCUT2D eigenvalue weighted by Gasteiger charge is 2.22. The van der Waals surface area contributed by atoms with Crippen molar-refractivity contribution in [2.75, 3.05) is 31.7 Å². The molecule has 1 fully saturated rings. The summed E-state index contributed by atoms with van der Waals surface area (Å²) in [6.45, 7) is 7.31. The summed E-state index contributed by atoms with van der Waals surface area (Å²) in [5.74, 6) is 1.91. The van der Waals surface area contributed by atoms with Gasteiger partial charge in [-0.1, -0.05) is 0 Å². The minimum atomic E-state index is 0.776. The summed E-state index contributed by atoms with van der Waals surface area (Å²) < 4.78 is 5.14. The van der Waals surface area contributed by atoms with Crippen molar-refractivity contribution in [2.24, 2.45) is 5.92 Å². The fourth-order valence-electron chi connectivity index (χ4n) is 2.85. The lowest BCUT2D eigenvalue weighted by Gasteiger charge is -2.34. The molecule has 0 N–H and O–H groups in total. The van der Waals surface area contributed by atoms with E-state index >= 15 is 0 Å². The molecule has 0 saturated carbocycles. The Morgan fingerprint density at radius 1 is 1.37 bits per heavy atom. The fourth-order valence-corrected chi connectivity index (χ4v) is 2.85. The number of ether oxygens (including phenoxy) is 1. The summed E-state index contributed by atoms with van der Waals surface area (Å²) in [6, 6.07) is 0. The Morgan fingerprint density at radius 2 is 2.21 bits per heavy atom. The number of nitrogens with zero attached hydrogens (tertiary/aromatic N) is 3. The predicted octanol–water partition coefficient (Wildman–Crippen LogP) is 2.74. The molecular formula is C15H25N3O. The molecule has 0 bridgehead atoms. The molecule has 4 heteroatoms. The zero-order valence-corrected chi connectivity index (χ0v) is 12.4. The molecule has 2 heterocycles. The predicted molar refractivity (Wildman–Crippen MR) is 77.6 cm³/mol. The molecule has 1 aromatic heterocycles. The summed E-state index contributed by atoms with van der Waals surface area (Å²) in [4.78, 5) is 11.2. The number of aromatic nitrogens is 2. The van der Waals surface area contributed by atoms with Crippen LogP contribution in [-0.4, -0.2) is 36.8 Å². The molecule has 1 aliphatic rings. The Balaban J connectivity index is 1.98. The molecule has 4 nitrogen and oxygen atoms in total. The van der Waals surface area contributed by atoms with Crippen molar-refractivity contribution in [3.05, 3.63) is 17.6 Å². The third-order valence-electron chi connectivity index (χ3n) is 4.09. The first kappa shape index (κ1) is 14.3. The Hall–Kier alpha value is -1.16. The number of anilines is 1. The Labute approximate surface area is 116 Å². The normalized spacial score (nSPS) is 19.7. The molecule has 1 atom stereocenters. The van der Waals surface area contributed by atoms with E-state index in [1.54, 1.807) is 13.4 Å². The van der Waals surface area contributed by atoms with Crippen molar-refractivity contribution in [3.8, 4) is 0 Å². The first-order valence-electron chi connectivity index (χ1n) is 7.24. The highest BCUT2D eigenvalue weighted by atomic mass is 16.5. The minimum absolute atomic E-state index is 0.776. The van der Waals surface area contributed by atoms with Crippen molar-refractivity contribution >= 4 is 5.82 Å². The second-order valence-corrected chi connectivity index (χ2v) is 5.50. The van der Waals surface area contributed by atoms with Gasteiger partial charge >= 0.3 is 0 Å². The second kappa shape index (κ2) is 6.85. The lowest BCUT2D eigenvalue weighted by atomic mass is 9.93. The van der Waals surface area contributed by atoms with Gasteiger partial charge in [0.05, 0.1) is 0 Å². The average molecular weight is 263 g/mol. The number of methoxy groups -OCH3 is 1. The van der Waals surface area contributed by atoms with Crippen LogP contribution >= 0.6 is 0 Å². The maximum absolute atomic E-state index is 5.14. The van der Waals surface area contributed by atoms with E-state index in [1.807, 2.05) is 0 Å². The van der Waals surface area contributed by atoms with Crippen LogP contribution in [0, 0.1) is 19.8 Å². The minimum Gasteiger partial charge on any atom is -0.385 e. The molecule has 0 amide bonds. The number of hydrogen-bond donors (Lipinski definition) is 0. The van der Waals surface area contributed by atoms with Gasteiger partial charge in [-0.2, -0.15) is 0 Å². The van der Waals surface area contributed by atoms with Crippen LogP contribution in [0.4, 0.5) is 5.82 Å². The molecular weight excluding hydrogens is 238 g/mol. The molecule has 1 aliphatic heterocycles. The summed E-state index contributed by atoms with van der Waals surface area (Å²) in [6.07, 6.45) is 6.71. The lowest BCUT2D eigenvalue weighted by Crippen LogP contribution is -2.36. The van der Waals surface area contributed by atoms with Gasteiger partial charge < -0.3 is 9.64 Å². The molecule has 1 aromatic rings. The van der Waals surface area contributed by atoms with E-state index in [9.17, 15) is 0 Å². The number of piperidine rings is 1. The quantitative estimate of drug-likeness (QED) is 0.766. The molecule has 0 spiro atoms. The van der Waals surface area contributed by atoms with Gasteiger partial charge in [-0.05, 0) is 45.4 Å². The van der Waals surface area contributed by atoms with Gasteiger partial charge in [-0.3, -0.25) is 0 Å². The molecule has 1 saturated heterocycles. The van der Waals surface area contributed by atoms with Crippen LogP contribution in [0.2, 0.25) is 0 Å². The van der Waals surface area contributed by atoms with E-state index in [2.05, 4.69) is 28.7 Å². The Morgan fingerprint density at radius 3 is 3.00 bits per heavy atom. The van der Waals surface area contributed by atoms with Gasteiger partial charge in [0.15, 0.2) is 0 Å². The van der Waals surface area contributed by atoms with E-state index in [1.165, 1.54) is 24.8 Å². The average Bonchev–Trinajstić information content (AvgIpc) is 2.43. The second-order valence-electron chi connectivity index (χ2n) is 5.50. The summed E-state index contributed by atoms with van der Waals surface area (Å²) in [7, 11) is 1.78. The van der Waals surface area contributed by atoms with Gasteiger partial charge in [-0.15, -0.1) is 0 Å². The van der Waals surface area contributed by atoms with Crippen molar-refractivity contribution in [1.29, 1.82) is 0 Å². The SMILES string of the molecule is COCCC[C@@H]1CCCN(c2ncnc(C)c2C)C1. The first-order chi connectivity index (χ1) is 9.22. The van der Waals surface area contributed by atoms with Crippen LogP contribution in [0.1, 0.15) is 36.9 Å². The lowest BCUT2D eigenvalue weighted by molar-refractivity contribution is 0.184. The third kappa shape index (κ3) is 3.66. The maximum atomic E-state index is 5.14. The van der Waals surface area contributed by atoms with E-state index in [-0.39, 0.29) is 0 Å². The van der Waals surface area contributed by atoms with E-state index < -0.39 is 0 Å². The maximum Gasteiger partial charge on any atom is 0.135 e. The van der Waals surface area contributed by atoms with Crippen molar-refractivity contribution in [2.45, 2.75) is 39.5 Å². The molecule has 0 aromatic carbocycles. The highest BCUT2D eigenvalue weighted by Crippen LogP contribution is 2.27. The number of aryl methyl sites for hydroxylation is 1. The molecule has 2 rings (SSSR count). The van der Waals surface area contributed by atoms with E-state index in [0.29, 0.717) is 0 Å². The van der Waals surface area contributed by atoms with Crippen molar-refractivity contribution < 1.29 is 4.74 Å². The molecule has 0 unspecified atom stereocenters. The van der Waals surface area contributed by atoms with Gasteiger partial charge in [0, 0.05) is 38.1 Å². The largest absolute Gasteiger partial charge is 0.385 e. The van der Waals surface area contributed by atoms with Gasteiger partial charge in [-0.25, -0.2) is 9.97 Å². The van der Waals surface area contributed by atoms with Crippen LogP contribution in [0.25, 0.3) is 0 Å². The molecule has 19 heavy (non-hydrogen) atoms. The smallest absolute Gasteiger partial charge is 0.135 e. The third-order valence-corrected chi connectivity index (χ3v) is 4.09. The van der Waals surface area contributed by atoms with Crippen LogP contribution in [0.5, 0.6) is 0 Å². The van der Waals surface area contributed by atoms with Gasteiger partial charge in [0.25, 0.3) is 0 Å². The summed E-state index contributed by atoms with van der Waals surface area (Å²) in [5, 5.41) is 0. The van der Waals surface area contributed by atoms with E-state index in [0.717, 1.165) is 43.5 Å². The molecule has 0 radical (unpaired) electrons. The zero-order valence-electron chi connectivity index (χ0n) is 12.4.